The van der Waals surface area contributed by atoms with Crippen molar-refractivity contribution in [1.29, 1.82) is 0 Å². The summed E-state index contributed by atoms with van der Waals surface area (Å²) in [6.07, 6.45) is 17.2. The van der Waals surface area contributed by atoms with E-state index in [0.717, 1.165) is 37.0 Å². The first kappa shape index (κ1) is 20.4. The molecule has 4 saturated carbocycles. The molecule has 27 heavy (non-hydrogen) atoms. The molecular weight excluding hydrogens is 340 g/mol. The van der Waals surface area contributed by atoms with Gasteiger partial charge in [0.2, 0.25) is 0 Å². The molecule has 0 heterocycles. The minimum Gasteiger partial charge on any atom is -0.463 e. The summed E-state index contributed by atoms with van der Waals surface area (Å²) in [5.41, 5.74) is 0.426. The molecule has 4 rings (SSSR count). The van der Waals surface area contributed by atoms with Crippen LogP contribution in [0, 0.1) is 23.2 Å². The molecule has 0 aliphatic heterocycles. The van der Waals surface area contributed by atoms with Crippen LogP contribution >= 0.6 is 0 Å². The number of hydrogen-bond acceptors (Lipinski definition) is 4. The maximum absolute atomic E-state index is 11.9. The van der Waals surface area contributed by atoms with Crippen molar-refractivity contribution in [3.63, 3.8) is 0 Å². The second-order valence-corrected chi connectivity index (χ2v) is 9.25. The molecule has 0 radical (unpaired) electrons. The van der Waals surface area contributed by atoms with E-state index in [2.05, 4.69) is 6.92 Å². The number of ether oxygens (including phenoxy) is 2. The zero-order valence-corrected chi connectivity index (χ0v) is 16.9. The van der Waals surface area contributed by atoms with Gasteiger partial charge in [0.25, 0.3) is 0 Å². The molecule has 0 amide bonds. The zero-order valence-electron chi connectivity index (χ0n) is 16.9. The lowest BCUT2D eigenvalue weighted by Gasteiger charge is -2.57. The first-order valence-electron chi connectivity index (χ1n) is 11.1. The van der Waals surface area contributed by atoms with Crippen LogP contribution in [0.3, 0.4) is 0 Å². The van der Waals surface area contributed by atoms with Gasteiger partial charge in [-0.15, -0.1) is 0 Å². The molecule has 0 atom stereocenters. The summed E-state index contributed by atoms with van der Waals surface area (Å²) in [5.74, 6) is 1.87. The number of carbonyl (C=O) groups is 2. The van der Waals surface area contributed by atoms with Crippen LogP contribution in [-0.4, -0.2) is 25.2 Å². The predicted molar refractivity (Wildman–Crippen MR) is 105 cm³/mol. The minimum absolute atomic E-state index is 0.425. The van der Waals surface area contributed by atoms with Crippen LogP contribution in [-0.2, 0) is 19.1 Å². The first-order chi connectivity index (χ1) is 13.1. The minimum atomic E-state index is -0.455. The molecule has 0 aromatic rings. The van der Waals surface area contributed by atoms with E-state index in [-0.39, 0.29) is 0 Å². The fourth-order valence-corrected chi connectivity index (χ4v) is 6.08. The van der Waals surface area contributed by atoms with Crippen LogP contribution in [0.15, 0.2) is 12.2 Å². The molecule has 0 aromatic heterocycles. The zero-order chi connectivity index (χ0) is 19.1. The van der Waals surface area contributed by atoms with Crippen molar-refractivity contribution in [2.45, 2.75) is 84.0 Å². The summed E-state index contributed by atoms with van der Waals surface area (Å²) in [6, 6.07) is 0. The SMILES string of the molecule is CCCCCCCOC(=O)/C=C/C(=O)OCCC12CC3CC(CC(C3)C1)C2. The van der Waals surface area contributed by atoms with Crippen LogP contribution in [0.1, 0.15) is 84.0 Å². The second-order valence-electron chi connectivity index (χ2n) is 9.25. The van der Waals surface area contributed by atoms with Crippen LogP contribution in [0.5, 0.6) is 0 Å². The Morgan fingerprint density at radius 2 is 1.33 bits per heavy atom. The first-order valence-corrected chi connectivity index (χ1v) is 11.1. The smallest absolute Gasteiger partial charge is 0.331 e. The average Bonchev–Trinajstić information content (AvgIpc) is 2.61. The number of hydrogen-bond donors (Lipinski definition) is 0. The van der Waals surface area contributed by atoms with Crippen LogP contribution in [0.4, 0.5) is 0 Å². The van der Waals surface area contributed by atoms with Gasteiger partial charge >= 0.3 is 11.9 Å². The Balaban J connectivity index is 1.28. The third-order valence-electron chi connectivity index (χ3n) is 6.89. The van der Waals surface area contributed by atoms with E-state index >= 15 is 0 Å². The number of esters is 2. The van der Waals surface area contributed by atoms with Gasteiger partial charge in [-0.25, -0.2) is 9.59 Å². The van der Waals surface area contributed by atoms with Crippen molar-refractivity contribution in [2.24, 2.45) is 23.2 Å². The molecule has 152 valence electrons. The standard InChI is InChI=1S/C23H36O4/c1-2-3-4-5-6-10-26-21(24)7-8-22(25)27-11-9-23-15-18-12-19(16-23)14-20(13-18)17-23/h7-8,18-20H,2-6,9-17H2,1H3/b8-7+. The van der Waals surface area contributed by atoms with Gasteiger partial charge in [0.1, 0.15) is 0 Å². The molecule has 4 nitrogen and oxygen atoms in total. The molecule has 4 fully saturated rings. The van der Waals surface area contributed by atoms with Gasteiger partial charge in [0, 0.05) is 12.2 Å². The molecule has 0 N–H and O–H groups in total. The van der Waals surface area contributed by atoms with Crippen molar-refractivity contribution >= 4 is 11.9 Å². The van der Waals surface area contributed by atoms with Gasteiger partial charge in [0.05, 0.1) is 13.2 Å². The quantitative estimate of drug-likeness (QED) is 0.282. The Bertz CT molecular complexity index is 501. The highest BCUT2D eigenvalue weighted by Gasteiger charge is 2.50. The summed E-state index contributed by atoms with van der Waals surface area (Å²) < 4.78 is 10.5. The number of rotatable bonds is 11. The van der Waals surface area contributed by atoms with E-state index in [1.807, 2.05) is 0 Å². The lowest BCUT2D eigenvalue weighted by molar-refractivity contribution is -0.142. The molecular formula is C23H36O4. The number of unbranched alkanes of at least 4 members (excludes halogenated alkanes) is 4. The van der Waals surface area contributed by atoms with Crippen LogP contribution in [0.2, 0.25) is 0 Å². The third kappa shape index (κ3) is 6.08. The average molecular weight is 377 g/mol. The van der Waals surface area contributed by atoms with Crippen LogP contribution in [0.25, 0.3) is 0 Å². The normalized spacial score (nSPS) is 31.4. The van der Waals surface area contributed by atoms with Gasteiger partial charge in [0.15, 0.2) is 0 Å². The molecule has 0 saturated heterocycles. The van der Waals surface area contributed by atoms with Crippen molar-refractivity contribution < 1.29 is 19.1 Å². The Hall–Kier alpha value is -1.32. The fourth-order valence-electron chi connectivity index (χ4n) is 6.08. The largest absolute Gasteiger partial charge is 0.463 e. The van der Waals surface area contributed by atoms with Gasteiger partial charge in [-0.2, -0.15) is 0 Å². The van der Waals surface area contributed by atoms with Crippen molar-refractivity contribution in [3.8, 4) is 0 Å². The van der Waals surface area contributed by atoms with E-state index < -0.39 is 11.9 Å². The van der Waals surface area contributed by atoms with Crippen LogP contribution < -0.4 is 0 Å². The topological polar surface area (TPSA) is 52.6 Å². The maximum atomic E-state index is 11.9. The third-order valence-corrected chi connectivity index (χ3v) is 6.89. The molecule has 4 bridgehead atoms. The molecule has 4 aliphatic carbocycles. The monoisotopic (exact) mass is 376 g/mol. The Morgan fingerprint density at radius 3 is 1.89 bits per heavy atom. The Labute approximate surface area is 164 Å². The van der Waals surface area contributed by atoms with Gasteiger partial charge < -0.3 is 9.47 Å². The van der Waals surface area contributed by atoms with E-state index in [1.165, 1.54) is 69.9 Å². The van der Waals surface area contributed by atoms with Gasteiger partial charge in [-0.1, -0.05) is 32.6 Å². The van der Waals surface area contributed by atoms with Crippen molar-refractivity contribution in [3.05, 3.63) is 12.2 Å². The molecule has 4 aliphatic rings. The Kier molecular flexibility index (Phi) is 7.37. The predicted octanol–water partition coefficient (Wildman–Crippen LogP) is 5.21. The van der Waals surface area contributed by atoms with E-state index in [1.54, 1.807) is 0 Å². The molecule has 0 aromatic carbocycles. The second kappa shape index (κ2) is 9.75. The summed E-state index contributed by atoms with van der Waals surface area (Å²) in [5, 5.41) is 0. The van der Waals surface area contributed by atoms with E-state index in [4.69, 9.17) is 9.47 Å². The molecule has 0 spiro atoms. The highest BCUT2D eigenvalue weighted by Crippen LogP contribution is 2.61. The maximum Gasteiger partial charge on any atom is 0.331 e. The number of carbonyl (C=O) groups excluding carboxylic acids is 2. The summed E-state index contributed by atoms with van der Waals surface area (Å²) in [6.45, 7) is 3.07. The lowest BCUT2D eigenvalue weighted by atomic mass is 9.49. The molecule has 4 heteroatoms. The van der Waals surface area contributed by atoms with E-state index in [0.29, 0.717) is 18.6 Å². The highest BCUT2D eigenvalue weighted by atomic mass is 16.5. The van der Waals surface area contributed by atoms with Crippen molar-refractivity contribution in [2.75, 3.05) is 13.2 Å². The van der Waals surface area contributed by atoms with E-state index in [9.17, 15) is 9.59 Å². The van der Waals surface area contributed by atoms with Gasteiger partial charge in [-0.3, -0.25) is 0 Å². The lowest BCUT2D eigenvalue weighted by Crippen LogP contribution is -2.46. The Morgan fingerprint density at radius 1 is 0.815 bits per heavy atom. The molecule has 0 unspecified atom stereocenters. The highest BCUT2D eigenvalue weighted by molar-refractivity contribution is 5.91. The van der Waals surface area contributed by atoms with Crippen molar-refractivity contribution in [1.82, 2.24) is 0 Å². The summed E-state index contributed by atoms with van der Waals surface area (Å²) in [7, 11) is 0. The summed E-state index contributed by atoms with van der Waals surface area (Å²) in [4.78, 5) is 23.5. The van der Waals surface area contributed by atoms with Gasteiger partial charge in [-0.05, 0) is 74.5 Å². The summed E-state index contributed by atoms with van der Waals surface area (Å²) >= 11 is 0. The fraction of sp³-hybridized carbons (Fsp3) is 0.826.